The van der Waals surface area contributed by atoms with E-state index in [1.54, 1.807) is 30.3 Å². The van der Waals surface area contributed by atoms with Crippen molar-refractivity contribution in [1.29, 1.82) is 0 Å². The van der Waals surface area contributed by atoms with E-state index < -0.39 is 16.1 Å². The molecule has 0 saturated carbocycles. The minimum absolute atomic E-state index is 0.0966. The molecule has 2 aromatic rings. The van der Waals surface area contributed by atoms with E-state index in [1.807, 2.05) is 4.72 Å². The highest BCUT2D eigenvalue weighted by Crippen LogP contribution is 2.11. The average molecular weight is 318 g/mol. The van der Waals surface area contributed by atoms with Crippen LogP contribution in [0.15, 0.2) is 59.5 Å². The van der Waals surface area contributed by atoms with Crippen molar-refractivity contribution < 1.29 is 18.0 Å². The van der Waals surface area contributed by atoms with Crippen LogP contribution in [-0.2, 0) is 10.0 Å². The minimum Gasteiger partial charge on any atom is -0.307 e. The van der Waals surface area contributed by atoms with E-state index >= 15 is 0 Å². The van der Waals surface area contributed by atoms with Crippen molar-refractivity contribution in [2.75, 3.05) is 5.32 Å². The standard InChI is InChI=1S/C15H14N2O4S/c1-11(18)12-7-9-14(10-8-12)22(20,21)17-15(19)16-13-5-3-2-4-6-13/h2-10H,1H3,(H2,16,17,19). The lowest BCUT2D eigenvalue weighted by Gasteiger charge is -2.08. The van der Waals surface area contributed by atoms with Gasteiger partial charge in [-0.15, -0.1) is 0 Å². The van der Waals surface area contributed by atoms with E-state index in [-0.39, 0.29) is 10.7 Å². The first-order valence-corrected chi connectivity index (χ1v) is 7.87. The minimum atomic E-state index is -4.00. The number of anilines is 1. The van der Waals surface area contributed by atoms with Crippen LogP contribution in [-0.4, -0.2) is 20.2 Å². The summed E-state index contributed by atoms with van der Waals surface area (Å²) in [7, 11) is -4.00. The van der Waals surface area contributed by atoms with Gasteiger partial charge in [0.25, 0.3) is 10.0 Å². The molecule has 2 N–H and O–H groups in total. The summed E-state index contributed by atoms with van der Waals surface area (Å²) in [6, 6.07) is 12.9. The number of amides is 2. The van der Waals surface area contributed by atoms with Crippen LogP contribution >= 0.6 is 0 Å². The second-order valence-electron chi connectivity index (χ2n) is 4.51. The Balaban J connectivity index is 2.10. The molecule has 2 rings (SSSR count). The molecule has 0 radical (unpaired) electrons. The number of Topliss-reactive ketones (excluding diaryl/α,β-unsaturated/α-hetero) is 1. The van der Waals surface area contributed by atoms with Gasteiger partial charge >= 0.3 is 6.03 Å². The maximum atomic E-state index is 12.1. The summed E-state index contributed by atoms with van der Waals surface area (Å²) in [5.74, 6) is -0.168. The van der Waals surface area contributed by atoms with Crippen LogP contribution < -0.4 is 10.0 Å². The van der Waals surface area contributed by atoms with Crippen molar-refractivity contribution in [2.24, 2.45) is 0 Å². The Morgan fingerprint density at radius 2 is 1.50 bits per heavy atom. The number of para-hydroxylation sites is 1. The molecular weight excluding hydrogens is 304 g/mol. The highest BCUT2D eigenvalue weighted by Gasteiger charge is 2.17. The van der Waals surface area contributed by atoms with Gasteiger partial charge in [-0.1, -0.05) is 30.3 Å². The van der Waals surface area contributed by atoms with Crippen LogP contribution in [0.1, 0.15) is 17.3 Å². The van der Waals surface area contributed by atoms with Crippen LogP contribution in [0.2, 0.25) is 0 Å². The molecule has 114 valence electrons. The van der Waals surface area contributed by atoms with Gasteiger partial charge in [0.2, 0.25) is 0 Å². The van der Waals surface area contributed by atoms with Gasteiger partial charge in [-0.05, 0) is 31.2 Å². The van der Waals surface area contributed by atoms with Crippen molar-refractivity contribution in [3.05, 3.63) is 60.2 Å². The molecule has 0 fully saturated rings. The Labute approximate surface area is 128 Å². The van der Waals surface area contributed by atoms with Crippen molar-refractivity contribution in [3.8, 4) is 0 Å². The van der Waals surface area contributed by atoms with Crippen LogP contribution in [0.5, 0.6) is 0 Å². The van der Waals surface area contributed by atoms with Gasteiger partial charge in [-0.3, -0.25) is 4.79 Å². The molecular formula is C15H14N2O4S. The zero-order valence-corrected chi connectivity index (χ0v) is 12.6. The van der Waals surface area contributed by atoms with Gasteiger partial charge in [0, 0.05) is 11.3 Å². The lowest BCUT2D eigenvalue weighted by Crippen LogP contribution is -2.34. The van der Waals surface area contributed by atoms with Crippen LogP contribution in [0, 0.1) is 0 Å². The van der Waals surface area contributed by atoms with E-state index in [0.717, 1.165) is 0 Å². The van der Waals surface area contributed by atoms with Crippen molar-refractivity contribution in [1.82, 2.24) is 4.72 Å². The first-order valence-electron chi connectivity index (χ1n) is 6.38. The summed E-state index contributed by atoms with van der Waals surface area (Å²) in [5.41, 5.74) is 0.870. The van der Waals surface area contributed by atoms with Crippen LogP contribution in [0.4, 0.5) is 10.5 Å². The molecule has 0 aliphatic heterocycles. The van der Waals surface area contributed by atoms with Crippen molar-refractivity contribution >= 4 is 27.5 Å². The molecule has 0 unspecified atom stereocenters. The van der Waals surface area contributed by atoms with E-state index in [0.29, 0.717) is 11.3 Å². The topological polar surface area (TPSA) is 92.3 Å². The Kier molecular flexibility index (Phi) is 4.57. The largest absolute Gasteiger partial charge is 0.333 e. The zero-order valence-electron chi connectivity index (χ0n) is 11.7. The summed E-state index contributed by atoms with van der Waals surface area (Å²) in [4.78, 5) is 22.8. The average Bonchev–Trinajstić information content (AvgIpc) is 2.47. The lowest BCUT2D eigenvalue weighted by atomic mass is 10.2. The zero-order chi connectivity index (χ0) is 16.2. The summed E-state index contributed by atoms with van der Waals surface area (Å²) >= 11 is 0. The Hall–Kier alpha value is -2.67. The van der Waals surface area contributed by atoms with Gasteiger partial charge < -0.3 is 5.32 Å². The molecule has 0 aromatic heterocycles. The van der Waals surface area contributed by atoms with E-state index in [1.165, 1.54) is 31.2 Å². The molecule has 22 heavy (non-hydrogen) atoms. The first-order chi connectivity index (χ1) is 10.4. The first kappa shape index (κ1) is 15.7. The normalized spacial score (nSPS) is 10.8. The van der Waals surface area contributed by atoms with Crippen molar-refractivity contribution in [3.63, 3.8) is 0 Å². The van der Waals surface area contributed by atoms with E-state index in [9.17, 15) is 18.0 Å². The summed E-state index contributed by atoms with van der Waals surface area (Å²) in [5, 5.41) is 2.41. The van der Waals surface area contributed by atoms with Gasteiger partial charge in [0.1, 0.15) is 0 Å². The number of urea groups is 1. The molecule has 0 spiro atoms. The molecule has 0 saturated heterocycles. The third-order valence-corrected chi connectivity index (χ3v) is 4.18. The molecule has 2 amide bonds. The number of benzene rings is 2. The summed E-state index contributed by atoms with van der Waals surface area (Å²) in [6.45, 7) is 1.38. The summed E-state index contributed by atoms with van der Waals surface area (Å²) < 4.78 is 26.0. The fourth-order valence-corrected chi connectivity index (χ4v) is 2.64. The van der Waals surface area contributed by atoms with Gasteiger partial charge in [-0.2, -0.15) is 0 Å². The van der Waals surface area contributed by atoms with Crippen molar-refractivity contribution in [2.45, 2.75) is 11.8 Å². The van der Waals surface area contributed by atoms with Gasteiger partial charge in [-0.25, -0.2) is 17.9 Å². The highest BCUT2D eigenvalue weighted by molar-refractivity contribution is 7.90. The molecule has 0 heterocycles. The quantitative estimate of drug-likeness (QED) is 0.847. The highest BCUT2D eigenvalue weighted by atomic mass is 32.2. The van der Waals surface area contributed by atoms with Gasteiger partial charge in [0.05, 0.1) is 4.90 Å². The summed E-state index contributed by atoms with van der Waals surface area (Å²) in [6.07, 6.45) is 0. The second kappa shape index (κ2) is 6.40. The smallest absolute Gasteiger partial charge is 0.307 e. The third-order valence-electron chi connectivity index (χ3n) is 2.83. The van der Waals surface area contributed by atoms with Crippen LogP contribution in [0.3, 0.4) is 0 Å². The molecule has 7 heteroatoms. The maximum Gasteiger partial charge on any atom is 0.333 e. The molecule has 0 bridgehead atoms. The second-order valence-corrected chi connectivity index (χ2v) is 6.19. The number of sulfonamides is 1. The number of hydrogen-bond acceptors (Lipinski definition) is 4. The third kappa shape index (κ3) is 3.92. The fourth-order valence-electron chi connectivity index (χ4n) is 1.73. The Morgan fingerprint density at radius 3 is 2.05 bits per heavy atom. The predicted molar refractivity (Wildman–Crippen MR) is 82.2 cm³/mol. The molecule has 2 aromatic carbocycles. The number of carbonyl (C=O) groups is 2. The van der Waals surface area contributed by atoms with Gasteiger partial charge in [0.15, 0.2) is 5.78 Å². The predicted octanol–water partition coefficient (Wildman–Crippen LogP) is 2.40. The number of ketones is 1. The van der Waals surface area contributed by atoms with E-state index in [4.69, 9.17) is 0 Å². The number of nitrogens with one attached hydrogen (secondary N) is 2. The number of hydrogen-bond donors (Lipinski definition) is 2. The Bertz CT molecular complexity index is 784. The van der Waals surface area contributed by atoms with Crippen LogP contribution in [0.25, 0.3) is 0 Å². The Morgan fingerprint density at radius 1 is 0.909 bits per heavy atom. The molecule has 0 aliphatic carbocycles. The monoisotopic (exact) mass is 318 g/mol. The fraction of sp³-hybridized carbons (Fsp3) is 0.0667. The number of rotatable bonds is 4. The number of carbonyl (C=O) groups excluding carboxylic acids is 2. The lowest BCUT2D eigenvalue weighted by molar-refractivity contribution is 0.101. The maximum absolute atomic E-state index is 12.1. The SMILES string of the molecule is CC(=O)c1ccc(S(=O)(=O)NC(=O)Nc2ccccc2)cc1. The molecule has 0 atom stereocenters. The van der Waals surface area contributed by atoms with E-state index in [2.05, 4.69) is 5.32 Å². The molecule has 6 nitrogen and oxygen atoms in total. The molecule has 0 aliphatic rings.